The zero-order valence-electron chi connectivity index (χ0n) is 37.3. The van der Waals surface area contributed by atoms with Crippen molar-refractivity contribution in [1.82, 2.24) is 0 Å². The molecule has 6 aliphatic carbocycles. The van der Waals surface area contributed by atoms with Gasteiger partial charge in [0.25, 0.3) is 0 Å². The summed E-state index contributed by atoms with van der Waals surface area (Å²) in [7, 11) is 0. The molecule has 4 bridgehead atoms. The van der Waals surface area contributed by atoms with Crippen molar-refractivity contribution in [3.8, 4) is 33.4 Å². The summed E-state index contributed by atoms with van der Waals surface area (Å²) >= 11 is 0. The Balaban J connectivity index is 0.989. The zero-order chi connectivity index (χ0) is 42.8. The van der Waals surface area contributed by atoms with Crippen LogP contribution in [0.1, 0.15) is 96.9 Å². The normalized spacial score (nSPS) is 22.4. The van der Waals surface area contributed by atoms with Crippen molar-refractivity contribution in [2.75, 3.05) is 4.90 Å². The van der Waals surface area contributed by atoms with E-state index in [0.29, 0.717) is 5.41 Å². The van der Waals surface area contributed by atoms with Gasteiger partial charge in [-0.25, -0.2) is 0 Å². The molecule has 8 aromatic rings. The van der Waals surface area contributed by atoms with Crippen molar-refractivity contribution >= 4 is 17.1 Å². The van der Waals surface area contributed by atoms with Crippen LogP contribution in [0, 0.1) is 24.7 Å². The number of hydrogen-bond donors (Lipinski definition) is 0. The highest BCUT2D eigenvalue weighted by Crippen LogP contribution is 2.62. The predicted octanol–water partition coefficient (Wildman–Crippen LogP) is 16.3. The molecule has 0 aromatic heterocycles. The summed E-state index contributed by atoms with van der Waals surface area (Å²) in [5.74, 6) is 2.80. The number of rotatable bonds is 7. The summed E-state index contributed by atoms with van der Waals surface area (Å²) in [5, 5.41) is 0. The smallest absolute Gasteiger partial charge is 0.0714 e. The molecule has 4 fully saturated rings. The van der Waals surface area contributed by atoms with E-state index in [4.69, 9.17) is 0 Å². The van der Waals surface area contributed by atoms with Crippen molar-refractivity contribution < 1.29 is 0 Å². The third-order valence-corrected chi connectivity index (χ3v) is 16.8. The van der Waals surface area contributed by atoms with Gasteiger partial charge in [-0.05, 0) is 183 Å². The van der Waals surface area contributed by atoms with E-state index in [1.165, 1.54) is 122 Å². The van der Waals surface area contributed by atoms with Gasteiger partial charge in [0.15, 0.2) is 0 Å². The van der Waals surface area contributed by atoms with Gasteiger partial charge < -0.3 is 4.90 Å². The number of hydrogen-bond acceptors (Lipinski definition) is 1. The van der Waals surface area contributed by atoms with Crippen molar-refractivity contribution in [1.29, 1.82) is 0 Å². The average Bonchev–Trinajstić information content (AvgIpc) is 3.75. The van der Waals surface area contributed by atoms with Gasteiger partial charge in [-0.1, -0.05) is 166 Å². The van der Waals surface area contributed by atoms with Crippen LogP contribution < -0.4 is 4.90 Å². The molecule has 0 radical (unpaired) electrons. The molecule has 0 aliphatic heterocycles. The number of benzene rings is 8. The quantitative estimate of drug-likeness (QED) is 0.155. The van der Waals surface area contributed by atoms with E-state index in [0.717, 1.165) is 23.4 Å². The summed E-state index contributed by atoms with van der Waals surface area (Å²) in [6, 6.07) is 71.7. The van der Waals surface area contributed by atoms with Crippen LogP contribution in [0.4, 0.5) is 17.1 Å². The van der Waals surface area contributed by atoms with E-state index in [9.17, 15) is 0 Å². The van der Waals surface area contributed by atoms with E-state index in [2.05, 4.69) is 214 Å². The Morgan fingerprint density at radius 3 is 1.52 bits per heavy atom. The molecular weight excluding hydrogens is 771 g/mol. The van der Waals surface area contributed by atoms with Crippen molar-refractivity contribution in [2.24, 2.45) is 17.8 Å². The lowest BCUT2D eigenvalue weighted by Gasteiger charge is -2.57. The molecule has 0 saturated heterocycles. The first-order valence-electron chi connectivity index (χ1n) is 23.9. The molecule has 8 aromatic carbocycles. The van der Waals surface area contributed by atoms with Gasteiger partial charge in [0.2, 0.25) is 0 Å². The first-order chi connectivity index (χ1) is 31.3. The van der Waals surface area contributed by atoms with Crippen molar-refractivity contribution in [3.05, 3.63) is 233 Å². The Labute approximate surface area is 379 Å². The van der Waals surface area contributed by atoms with Gasteiger partial charge >= 0.3 is 0 Å². The molecule has 0 N–H and O–H groups in total. The minimum atomic E-state index is -0.488. The fraction of sp³-hybridized carbons (Fsp3) is 0.238. The molecule has 0 atom stereocenters. The van der Waals surface area contributed by atoms with Crippen LogP contribution >= 0.6 is 0 Å². The second-order valence-corrected chi connectivity index (χ2v) is 20.8. The second kappa shape index (κ2) is 14.0. The highest BCUT2D eigenvalue weighted by molar-refractivity contribution is 5.91. The summed E-state index contributed by atoms with van der Waals surface area (Å²) in [5.41, 5.74) is 22.2. The molecule has 312 valence electrons. The maximum absolute atomic E-state index is 2.68. The average molecular weight is 826 g/mol. The highest BCUT2D eigenvalue weighted by atomic mass is 15.1. The Bertz CT molecular complexity index is 3040. The Morgan fingerprint density at radius 2 is 0.906 bits per heavy atom. The van der Waals surface area contributed by atoms with E-state index in [1.807, 2.05) is 0 Å². The van der Waals surface area contributed by atoms with Crippen LogP contribution in [0.5, 0.6) is 0 Å². The lowest BCUT2D eigenvalue weighted by Crippen LogP contribution is -2.48. The first kappa shape index (κ1) is 38.1. The van der Waals surface area contributed by atoms with Gasteiger partial charge in [0.1, 0.15) is 0 Å². The fourth-order valence-corrected chi connectivity index (χ4v) is 14.4. The monoisotopic (exact) mass is 825 g/mol. The Morgan fingerprint density at radius 1 is 0.406 bits per heavy atom. The standard InChI is InChI=1S/C63H55N/c1-41-31-46(45-15-7-4-8-16-45)23-30-60(41)64(51-26-29-55-52-21-13-14-22-56(52)63(59(55)37-51,47-17-9-5-10-18-47)48-19-11-6-12-20-48)50-25-28-54-53-27-24-49(35-57(53)61(2,3)58(54)36-50)62-38-42-32-43(39-62)34-44(33-42)40-62/h4-31,35-37,42-44H,32-34,38-40H2,1-3H3. The first-order valence-corrected chi connectivity index (χ1v) is 23.9. The van der Waals surface area contributed by atoms with E-state index >= 15 is 0 Å². The summed E-state index contributed by atoms with van der Waals surface area (Å²) in [6.45, 7) is 7.25. The van der Waals surface area contributed by atoms with Gasteiger partial charge in [-0.15, -0.1) is 0 Å². The van der Waals surface area contributed by atoms with Gasteiger partial charge in [0.05, 0.1) is 5.41 Å². The molecule has 0 amide bonds. The largest absolute Gasteiger partial charge is 0.310 e. The lowest BCUT2D eigenvalue weighted by atomic mass is 9.48. The molecule has 1 heteroatoms. The lowest BCUT2D eigenvalue weighted by molar-refractivity contribution is -0.00522. The summed E-state index contributed by atoms with van der Waals surface area (Å²) < 4.78 is 0. The zero-order valence-corrected chi connectivity index (χ0v) is 37.3. The Hall–Kier alpha value is -6.44. The third-order valence-electron chi connectivity index (χ3n) is 16.8. The summed E-state index contributed by atoms with van der Waals surface area (Å²) in [6.07, 6.45) is 8.62. The third kappa shape index (κ3) is 5.49. The number of fused-ring (bicyclic) bond motifs is 6. The molecule has 14 rings (SSSR count). The van der Waals surface area contributed by atoms with Crippen LogP contribution in [-0.2, 0) is 16.2 Å². The van der Waals surface area contributed by atoms with E-state index < -0.39 is 5.41 Å². The summed E-state index contributed by atoms with van der Waals surface area (Å²) in [4.78, 5) is 2.55. The van der Waals surface area contributed by atoms with E-state index in [1.54, 1.807) is 5.56 Å². The number of nitrogens with zero attached hydrogens (tertiary/aromatic N) is 1. The predicted molar refractivity (Wildman–Crippen MR) is 266 cm³/mol. The second-order valence-electron chi connectivity index (χ2n) is 20.8. The molecule has 0 unspecified atom stereocenters. The maximum Gasteiger partial charge on any atom is 0.0714 e. The van der Waals surface area contributed by atoms with Crippen LogP contribution in [0.2, 0.25) is 0 Å². The van der Waals surface area contributed by atoms with Crippen LogP contribution in [0.15, 0.2) is 188 Å². The Kier molecular flexibility index (Phi) is 8.34. The molecule has 6 aliphatic rings. The maximum atomic E-state index is 2.68. The molecular formula is C63H55N. The molecule has 4 saturated carbocycles. The van der Waals surface area contributed by atoms with Crippen molar-refractivity contribution in [2.45, 2.75) is 75.5 Å². The van der Waals surface area contributed by atoms with Gasteiger partial charge in [0, 0.05) is 22.5 Å². The van der Waals surface area contributed by atoms with Crippen LogP contribution in [0.3, 0.4) is 0 Å². The van der Waals surface area contributed by atoms with Crippen molar-refractivity contribution in [3.63, 3.8) is 0 Å². The van der Waals surface area contributed by atoms with Crippen LogP contribution in [-0.4, -0.2) is 0 Å². The SMILES string of the molecule is Cc1cc(-c2ccccc2)ccc1N(c1ccc2c(c1)C(C)(C)c1cc(C34CC5CC(CC(C5)C3)C4)ccc1-2)c1ccc2c(c1)C(c1ccccc1)(c1ccccc1)c1ccccc1-2. The number of anilines is 3. The number of aryl methyl sites for hydroxylation is 1. The minimum absolute atomic E-state index is 0.133. The van der Waals surface area contributed by atoms with Crippen LogP contribution in [0.25, 0.3) is 33.4 Å². The molecule has 0 spiro atoms. The van der Waals surface area contributed by atoms with Gasteiger partial charge in [-0.2, -0.15) is 0 Å². The minimum Gasteiger partial charge on any atom is -0.310 e. The van der Waals surface area contributed by atoms with Gasteiger partial charge in [-0.3, -0.25) is 0 Å². The molecule has 64 heavy (non-hydrogen) atoms. The molecule has 0 heterocycles. The highest BCUT2D eigenvalue weighted by Gasteiger charge is 2.52. The van der Waals surface area contributed by atoms with E-state index in [-0.39, 0.29) is 5.41 Å². The topological polar surface area (TPSA) is 3.24 Å². The fourth-order valence-electron chi connectivity index (χ4n) is 14.4. The molecule has 1 nitrogen and oxygen atoms in total.